The molecule has 6 nitrogen and oxygen atoms in total. The van der Waals surface area contributed by atoms with Crippen LogP contribution in [0, 0.1) is 0 Å². The minimum atomic E-state index is -0.745. The highest BCUT2D eigenvalue weighted by Gasteiger charge is 2.21. The summed E-state index contributed by atoms with van der Waals surface area (Å²) in [5.41, 5.74) is -0.292. The Balaban J connectivity index is 2.30. The van der Waals surface area contributed by atoms with Gasteiger partial charge in [-0.05, 0) is 0 Å². The van der Waals surface area contributed by atoms with Gasteiger partial charge in [0.2, 0.25) is 5.75 Å². The minimum absolute atomic E-state index is 0.218. The molecule has 0 radical (unpaired) electrons. The van der Waals surface area contributed by atoms with E-state index in [1.165, 1.54) is 13.4 Å². The molecule has 1 aliphatic rings. The normalized spacial score (nSPS) is 17.4. The molecule has 0 aromatic carbocycles. The molecule has 0 aliphatic carbocycles. The second-order valence-electron chi connectivity index (χ2n) is 3.42. The molecule has 0 unspecified atom stereocenters. The van der Waals surface area contributed by atoms with Crippen LogP contribution in [0.4, 0.5) is 5.82 Å². The maximum absolute atomic E-state index is 11.5. The molecule has 1 aromatic heterocycles. The van der Waals surface area contributed by atoms with Gasteiger partial charge in [-0.2, -0.15) is 0 Å². The molecule has 2 heterocycles. The number of methoxy groups -OCH3 is 1. The molecule has 16 heavy (non-hydrogen) atoms. The first-order valence-corrected chi connectivity index (χ1v) is 6.43. The fourth-order valence-corrected chi connectivity index (χ4v) is 2.69. The van der Waals surface area contributed by atoms with E-state index in [0.717, 1.165) is 0 Å². The topological polar surface area (TPSA) is 75.3 Å². The molecule has 88 valence electrons. The van der Waals surface area contributed by atoms with Crippen molar-refractivity contribution in [3.05, 3.63) is 16.7 Å². The van der Waals surface area contributed by atoms with Crippen LogP contribution in [0.2, 0.25) is 0 Å². The summed E-state index contributed by atoms with van der Waals surface area (Å²) in [6.07, 6.45) is 1.35. The Bertz CT molecular complexity index is 450. The number of aromatic amines is 1. The molecule has 0 amide bonds. The Kier molecular flexibility index (Phi) is 3.23. The summed E-state index contributed by atoms with van der Waals surface area (Å²) in [5.74, 6) is 1.97. The van der Waals surface area contributed by atoms with Crippen molar-refractivity contribution in [1.29, 1.82) is 0 Å². The van der Waals surface area contributed by atoms with Crippen LogP contribution in [0.5, 0.6) is 5.75 Å². The van der Waals surface area contributed by atoms with Gasteiger partial charge in [-0.1, -0.05) is 0 Å². The third-order valence-electron chi connectivity index (χ3n) is 2.47. The molecule has 1 aliphatic heterocycles. The van der Waals surface area contributed by atoms with Crippen LogP contribution in [0.25, 0.3) is 0 Å². The fraction of sp³-hybridized carbons (Fsp3) is 0.556. The molecule has 1 aromatic rings. The minimum Gasteiger partial charge on any atom is -0.489 e. The van der Waals surface area contributed by atoms with Gasteiger partial charge in [0.15, 0.2) is 5.82 Å². The zero-order valence-electron chi connectivity index (χ0n) is 8.93. The van der Waals surface area contributed by atoms with Crippen LogP contribution in [0.1, 0.15) is 0 Å². The molecule has 0 atom stereocenters. The van der Waals surface area contributed by atoms with Crippen LogP contribution in [0.3, 0.4) is 0 Å². The van der Waals surface area contributed by atoms with Gasteiger partial charge in [0.05, 0.1) is 13.4 Å². The lowest BCUT2D eigenvalue weighted by Crippen LogP contribution is -2.39. The molecule has 2 rings (SSSR count). The summed E-state index contributed by atoms with van der Waals surface area (Å²) < 4.78 is 16.3. The summed E-state index contributed by atoms with van der Waals surface area (Å²) in [6, 6.07) is 0. The van der Waals surface area contributed by atoms with E-state index in [1.807, 2.05) is 4.90 Å². The van der Waals surface area contributed by atoms with E-state index < -0.39 is 10.8 Å². The highest BCUT2D eigenvalue weighted by atomic mass is 32.2. The highest BCUT2D eigenvalue weighted by molar-refractivity contribution is 7.85. The monoisotopic (exact) mass is 243 g/mol. The van der Waals surface area contributed by atoms with Crippen molar-refractivity contribution in [2.75, 3.05) is 36.6 Å². The van der Waals surface area contributed by atoms with E-state index in [1.54, 1.807) is 0 Å². The van der Waals surface area contributed by atoms with E-state index in [4.69, 9.17) is 4.74 Å². The second kappa shape index (κ2) is 4.65. The van der Waals surface area contributed by atoms with E-state index >= 15 is 0 Å². The predicted molar refractivity (Wildman–Crippen MR) is 61.5 cm³/mol. The van der Waals surface area contributed by atoms with Crippen molar-refractivity contribution in [3.63, 3.8) is 0 Å². The van der Waals surface area contributed by atoms with Gasteiger partial charge in [0, 0.05) is 35.4 Å². The lowest BCUT2D eigenvalue weighted by molar-refractivity contribution is 0.405. The molecule has 0 bridgehead atoms. The predicted octanol–water partition coefficient (Wildman–Crippen LogP) is -0.653. The molecular weight excluding hydrogens is 230 g/mol. The Morgan fingerprint density at radius 2 is 2.19 bits per heavy atom. The summed E-state index contributed by atoms with van der Waals surface area (Å²) in [4.78, 5) is 20.0. The van der Waals surface area contributed by atoms with E-state index in [-0.39, 0.29) is 11.3 Å². The third kappa shape index (κ3) is 2.08. The Hall–Kier alpha value is -1.37. The van der Waals surface area contributed by atoms with Crippen LogP contribution in [0.15, 0.2) is 11.1 Å². The first-order valence-electron chi connectivity index (χ1n) is 4.94. The second-order valence-corrected chi connectivity index (χ2v) is 5.12. The molecule has 1 saturated heterocycles. The summed E-state index contributed by atoms with van der Waals surface area (Å²) in [5, 5.41) is 0. The first-order chi connectivity index (χ1) is 7.72. The average Bonchev–Trinajstić information content (AvgIpc) is 2.30. The van der Waals surface area contributed by atoms with Crippen LogP contribution >= 0.6 is 0 Å². The number of nitrogens with one attached hydrogen (secondary N) is 1. The van der Waals surface area contributed by atoms with Gasteiger partial charge in [0.1, 0.15) is 0 Å². The van der Waals surface area contributed by atoms with E-state index in [9.17, 15) is 9.00 Å². The largest absolute Gasteiger partial charge is 0.489 e. The van der Waals surface area contributed by atoms with Crippen molar-refractivity contribution in [2.45, 2.75) is 0 Å². The number of anilines is 1. The number of H-pyrrole nitrogens is 1. The van der Waals surface area contributed by atoms with Crippen LogP contribution < -0.4 is 15.2 Å². The zero-order chi connectivity index (χ0) is 11.5. The smallest absolute Gasteiger partial charge is 0.295 e. The summed E-state index contributed by atoms with van der Waals surface area (Å²) in [6.45, 7) is 1.28. The van der Waals surface area contributed by atoms with Gasteiger partial charge < -0.3 is 14.6 Å². The van der Waals surface area contributed by atoms with Gasteiger partial charge >= 0.3 is 0 Å². The molecule has 1 fully saturated rings. The Morgan fingerprint density at radius 1 is 1.50 bits per heavy atom. The molecular formula is C9H13N3O3S. The maximum atomic E-state index is 11.5. The standard InChI is InChI=1S/C9H13N3O3S/c1-15-7-8(10-6-11-9(7)13)12-2-4-16(14)5-3-12/h6H,2-5H2,1H3,(H,10,11,13). The Labute approximate surface area is 95.1 Å². The van der Waals surface area contributed by atoms with Crippen molar-refractivity contribution >= 4 is 16.6 Å². The number of hydrogen-bond donors (Lipinski definition) is 1. The van der Waals surface area contributed by atoms with Crippen molar-refractivity contribution in [2.24, 2.45) is 0 Å². The number of rotatable bonds is 2. The van der Waals surface area contributed by atoms with E-state index in [2.05, 4.69) is 9.97 Å². The number of aromatic nitrogens is 2. The molecule has 7 heteroatoms. The van der Waals surface area contributed by atoms with Gasteiger partial charge in [-0.25, -0.2) is 4.98 Å². The molecule has 0 saturated carbocycles. The Morgan fingerprint density at radius 3 is 2.81 bits per heavy atom. The van der Waals surface area contributed by atoms with Gasteiger partial charge in [-0.15, -0.1) is 0 Å². The quantitative estimate of drug-likeness (QED) is 0.747. The first kappa shape index (κ1) is 11.1. The number of ether oxygens (including phenoxy) is 1. The maximum Gasteiger partial charge on any atom is 0.295 e. The zero-order valence-corrected chi connectivity index (χ0v) is 9.75. The lowest BCUT2D eigenvalue weighted by atomic mass is 10.4. The number of nitrogens with zero attached hydrogens (tertiary/aromatic N) is 2. The third-order valence-corrected chi connectivity index (χ3v) is 3.75. The van der Waals surface area contributed by atoms with Gasteiger partial charge in [0.25, 0.3) is 5.56 Å². The summed E-state index contributed by atoms with van der Waals surface area (Å²) in [7, 11) is 0.698. The van der Waals surface area contributed by atoms with Gasteiger partial charge in [-0.3, -0.25) is 9.00 Å². The van der Waals surface area contributed by atoms with Crippen LogP contribution in [-0.2, 0) is 10.8 Å². The fourth-order valence-electron chi connectivity index (χ4n) is 1.64. The molecule has 1 N–H and O–H groups in total. The van der Waals surface area contributed by atoms with Crippen LogP contribution in [-0.4, -0.2) is 45.9 Å². The SMILES string of the molecule is COc1c(N2CCS(=O)CC2)nc[nH]c1=O. The van der Waals surface area contributed by atoms with Crippen molar-refractivity contribution in [1.82, 2.24) is 9.97 Å². The van der Waals surface area contributed by atoms with E-state index in [0.29, 0.717) is 30.4 Å². The summed E-state index contributed by atoms with van der Waals surface area (Å²) >= 11 is 0. The molecule has 0 spiro atoms. The van der Waals surface area contributed by atoms with Crippen molar-refractivity contribution < 1.29 is 8.95 Å². The average molecular weight is 243 g/mol. The van der Waals surface area contributed by atoms with Crippen molar-refractivity contribution in [3.8, 4) is 5.75 Å². The highest BCUT2D eigenvalue weighted by Crippen LogP contribution is 2.21. The lowest BCUT2D eigenvalue weighted by Gasteiger charge is -2.27. The number of hydrogen-bond acceptors (Lipinski definition) is 5.